The molecule has 1 aliphatic heterocycles. The molecule has 0 spiro atoms. The van der Waals surface area contributed by atoms with E-state index < -0.39 is 0 Å². The lowest BCUT2D eigenvalue weighted by atomic mass is 9.98. The SMILES string of the molecule is NCC1(NC(=O)CSCC(=O)N2CCOCC2)CCCC1. The van der Waals surface area contributed by atoms with Crippen LogP contribution in [0.25, 0.3) is 0 Å². The first kappa shape index (κ1) is 16.6. The molecule has 0 unspecified atom stereocenters. The van der Waals surface area contributed by atoms with Gasteiger partial charge < -0.3 is 20.7 Å². The van der Waals surface area contributed by atoms with Crippen LogP contribution >= 0.6 is 11.8 Å². The van der Waals surface area contributed by atoms with Gasteiger partial charge in [-0.25, -0.2) is 0 Å². The quantitative estimate of drug-likeness (QED) is 0.719. The molecule has 1 saturated carbocycles. The summed E-state index contributed by atoms with van der Waals surface area (Å²) in [7, 11) is 0. The molecule has 1 aliphatic carbocycles. The van der Waals surface area contributed by atoms with Gasteiger partial charge in [0, 0.05) is 19.6 Å². The van der Waals surface area contributed by atoms with Crippen molar-refractivity contribution in [2.24, 2.45) is 5.73 Å². The van der Waals surface area contributed by atoms with Crippen LogP contribution in [0, 0.1) is 0 Å². The maximum atomic E-state index is 12.0. The predicted molar refractivity (Wildman–Crippen MR) is 83.1 cm³/mol. The largest absolute Gasteiger partial charge is 0.378 e. The van der Waals surface area contributed by atoms with Crippen molar-refractivity contribution in [2.75, 3.05) is 44.4 Å². The number of rotatable bonds is 6. The van der Waals surface area contributed by atoms with Crippen molar-refractivity contribution in [1.29, 1.82) is 0 Å². The number of amides is 2. The minimum Gasteiger partial charge on any atom is -0.378 e. The topological polar surface area (TPSA) is 84.7 Å². The average molecular weight is 315 g/mol. The third-order valence-electron chi connectivity index (χ3n) is 4.18. The number of nitrogens with two attached hydrogens (primary N) is 1. The molecule has 6 nitrogen and oxygen atoms in total. The number of hydrogen-bond donors (Lipinski definition) is 2. The molecular weight excluding hydrogens is 290 g/mol. The van der Waals surface area contributed by atoms with Gasteiger partial charge in [-0.15, -0.1) is 11.8 Å². The van der Waals surface area contributed by atoms with Crippen molar-refractivity contribution in [2.45, 2.75) is 31.2 Å². The van der Waals surface area contributed by atoms with E-state index in [4.69, 9.17) is 10.5 Å². The van der Waals surface area contributed by atoms with Gasteiger partial charge in [-0.05, 0) is 12.8 Å². The minimum atomic E-state index is -0.203. The lowest BCUT2D eigenvalue weighted by Gasteiger charge is -2.29. The van der Waals surface area contributed by atoms with Crippen LogP contribution in [0.5, 0.6) is 0 Å². The molecule has 1 heterocycles. The Kier molecular flexibility index (Phi) is 6.32. The number of hydrogen-bond acceptors (Lipinski definition) is 5. The number of thioether (sulfide) groups is 1. The second-order valence-corrected chi connectivity index (χ2v) is 6.71. The summed E-state index contributed by atoms with van der Waals surface area (Å²) < 4.78 is 5.21. The van der Waals surface area contributed by atoms with E-state index in [2.05, 4.69) is 5.32 Å². The molecule has 0 aromatic rings. The van der Waals surface area contributed by atoms with Crippen LogP contribution in [0.4, 0.5) is 0 Å². The van der Waals surface area contributed by atoms with Crippen LogP contribution in [0.15, 0.2) is 0 Å². The van der Waals surface area contributed by atoms with Gasteiger partial charge in [-0.3, -0.25) is 9.59 Å². The van der Waals surface area contributed by atoms with Gasteiger partial charge in [-0.1, -0.05) is 12.8 Å². The van der Waals surface area contributed by atoms with E-state index in [9.17, 15) is 9.59 Å². The molecule has 0 aromatic heterocycles. The fourth-order valence-electron chi connectivity index (χ4n) is 2.90. The van der Waals surface area contributed by atoms with Gasteiger partial charge in [0.2, 0.25) is 11.8 Å². The Morgan fingerprint density at radius 3 is 2.48 bits per heavy atom. The zero-order valence-corrected chi connectivity index (χ0v) is 13.3. The van der Waals surface area contributed by atoms with Gasteiger partial charge in [0.15, 0.2) is 0 Å². The molecule has 2 rings (SSSR count). The maximum Gasteiger partial charge on any atom is 0.232 e. The number of ether oxygens (including phenoxy) is 1. The number of carbonyl (C=O) groups excluding carboxylic acids is 2. The molecule has 0 bridgehead atoms. The Labute approximate surface area is 130 Å². The van der Waals surface area contributed by atoms with Crippen LogP contribution in [0.1, 0.15) is 25.7 Å². The van der Waals surface area contributed by atoms with E-state index in [-0.39, 0.29) is 17.4 Å². The Morgan fingerprint density at radius 1 is 1.19 bits per heavy atom. The normalized spacial score (nSPS) is 21.3. The maximum absolute atomic E-state index is 12.0. The fourth-order valence-corrected chi connectivity index (χ4v) is 3.62. The summed E-state index contributed by atoms with van der Waals surface area (Å²) in [6.07, 6.45) is 4.18. The standard InChI is InChI=1S/C14H25N3O3S/c15-11-14(3-1-2-4-14)16-12(18)9-21-10-13(19)17-5-7-20-8-6-17/h1-11,15H2,(H,16,18). The second-order valence-electron chi connectivity index (χ2n) is 5.73. The highest BCUT2D eigenvalue weighted by atomic mass is 32.2. The summed E-state index contributed by atoms with van der Waals surface area (Å²) in [5.41, 5.74) is 5.59. The summed E-state index contributed by atoms with van der Waals surface area (Å²) in [4.78, 5) is 25.7. The van der Waals surface area contributed by atoms with Gasteiger partial charge in [-0.2, -0.15) is 0 Å². The Bertz CT molecular complexity index is 366. The van der Waals surface area contributed by atoms with E-state index >= 15 is 0 Å². The number of morpholine rings is 1. The molecule has 0 radical (unpaired) electrons. The van der Waals surface area contributed by atoms with Gasteiger partial charge >= 0.3 is 0 Å². The minimum absolute atomic E-state index is 0.0119. The molecule has 0 atom stereocenters. The lowest BCUT2D eigenvalue weighted by Crippen LogP contribution is -2.52. The first-order valence-corrected chi connectivity index (χ1v) is 8.75. The van der Waals surface area contributed by atoms with Crippen LogP contribution < -0.4 is 11.1 Å². The van der Waals surface area contributed by atoms with Crippen molar-refractivity contribution >= 4 is 23.6 Å². The van der Waals surface area contributed by atoms with E-state index in [0.29, 0.717) is 44.4 Å². The molecular formula is C14H25N3O3S. The van der Waals surface area contributed by atoms with Crippen molar-refractivity contribution in [1.82, 2.24) is 10.2 Å². The molecule has 2 amide bonds. The smallest absolute Gasteiger partial charge is 0.232 e. The third-order valence-corrected chi connectivity index (χ3v) is 5.10. The molecule has 21 heavy (non-hydrogen) atoms. The molecule has 3 N–H and O–H groups in total. The molecule has 0 aromatic carbocycles. The van der Waals surface area contributed by atoms with Crippen LogP contribution in [-0.4, -0.2) is 66.6 Å². The van der Waals surface area contributed by atoms with Crippen molar-refractivity contribution in [3.63, 3.8) is 0 Å². The second kappa shape index (κ2) is 8.00. The Morgan fingerprint density at radius 2 is 1.86 bits per heavy atom. The van der Waals surface area contributed by atoms with Crippen LogP contribution in [0.2, 0.25) is 0 Å². The Balaban J connectivity index is 1.65. The van der Waals surface area contributed by atoms with E-state index in [1.807, 2.05) is 0 Å². The summed E-state index contributed by atoms with van der Waals surface area (Å²) >= 11 is 1.37. The van der Waals surface area contributed by atoms with Crippen LogP contribution in [0.3, 0.4) is 0 Å². The highest BCUT2D eigenvalue weighted by Gasteiger charge is 2.33. The summed E-state index contributed by atoms with van der Waals surface area (Å²) in [6.45, 7) is 3.02. The molecule has 7 heteroatoms. The summed E-state index contributed by atoms with van der Waals surface area (Å²) in [6, 6.07) is 0. The summed E-state index contributed by atoms with van der Waals surface area (Å²) in [5, 5.41) is 3.07. The first-order chi connectivity index (χ1) is 10.2. The molecule has 2 fully saturated rings. The van der Waals surface area contributed by atoms with Gasteiger partial charge in [0.25, 0.3) is 0 Å². The lowest BCUT2D eigenvalue weighted by molar-refractivity contribution is -0.132. The monoisotopic (exact) mass is 315 g/mol. The fraction of sp³-hybridized carbons (Fsp3) is 0.857. The van der Waals surface area contributed by atoms with Crippen LogP contribution in [-0.2, 0) is 14.3 Å². The van der Waals surface area contributed by atoms with E-state index in [1.54, 1.807) is 4.90 Å². The summed E-state index contributed by atoms with van der Waals surface area (Å²) in [5.74, 6) is 0.744. The molecule has 2 aliphatic rings. The average Bonchev–Trinajstić information content (AvgIpc) is 2.97. The zero-order valence-electron chi connectivity index (χ0n) is 12.4. The third kappa shape index (κ3) is 4.86. The molecule has 1 saturated heterocycles. The highest BCUT2D eigenvalue weighted by molar-refractivity contribution is 8.00. The van der Waals surface area contributed by atoms with E-state index in [0.717, 1.165) is 25.7 Å². The van der Waals surface area contributed by atoms with Gasteiger partial charge in [0.1, 0.15) is 0 Å². The molecule has 120 valence electrons. The Hall–Kier alpha value is -0.790. The van der Waals surface area contributed by atoms with Crippen molar-refractivity contribution < 1.29 is 14.3 Å². The van der Waals surface area contributed by atoms with E-state index in [1.165, 1.54) is 11.8 Å². The first-order valence-electron chi connectivity index (χ1n) is 7.60. The predicted octanol–water partition coefficient (Wildman–Crippen LogP) is -0.0339. The zero-order chi connectivity index (χ0) is 15.1. The van der Waals surface area contributed by atoms with Gasteiger partial charge in [0.05, 0.1) is 30.3 Å². The van der Waals surface area contributed by atoms with Crippen molar-refractivity contribution in [3.8, 4) is 0 Å². The highest BCUT2D eigenvalue weighted by Crippen LogP contribution is 2.28. The van der Waals surface area contributed by atoms with Crippen molar-refractivity contribution in [3.05, 3.63) is 0 Å². The number of nitrogens with zero attached hydrogens (tertiary/aromatic N) is 1. The number of nitrogens with one attached hydrogen (secondary N) is 1. The number of carbonyl (C=O) groups is 2.